The monoisotopic (exact) mass is 413 g/mol. The summed E-state index contributed by atoms with van der Waals surface area (Å²) < 4.78 is 38.0. The summed E-state index contributed by atoms with van der Waals surface area (Å²) in [5, 5.41) is 10.3. The van der Waals surface area contributed by atoms with Gasteiger partial charge in [0, 0.05) is 28.6 Å². The second-order valence-electron chi connectivity index (χ2n) is 5.03. The summed E-state index contributed by atoms with van der Waals surface area (Å²) in [5.74, 6) is -0.672. The lowest BCUT2D eigenvalue weighted by Crippen LogP contribution is -2.22. The second-order valence-corrected chi connectivity index (χ2v) is 6.29. The van der Waals surface area contributed by atoms with Crippen molar-refractivity contribution in [3.63, 3.8) is 0 Å². The van der Waals surface area contributed by atoms with E-state index in [2.05, 4.69) is 15.9 Å². The lowest BCUT2D eigenvalue weighted by atomic mass is 10.0. The van der Waals surface area contributed by atoms with E-state index in [9.17, 15) is 14.3 Å². The van der Waals surface area contributed by atoms with Crippen LogP contribution in [-0.2, 0) is 6.54 Å². The summed E-state index contributed by atoms with van der Waals surface area (Å²) in [6.45, 7) is -2.70. The number of hydrogen-bond acceptors (Lipinski definition) is 2. The lowest BCUT2D eigenvalue weighted by molar-refractivity contribution is 0.471. The molecule has 0 unspecified atom stereocenters. The van der Waals surface area contributed by atoms with Crippen LogP contribution in [0.4, 0.5) is 4.39 Å². The largest absolute Gasteiger partial charge is 0.506 e. The smallest absolute Gasteiger partial charge is 0.332 e. The molecule has 4 nitrogen and oxygen atoms in total. The molecule has 0 radical (unpaired) electrons. The van der Waals surface area contributed by atoms with E-state index in [-0.39, 0.29) is 20.8 Å². The molecule has 0 bridgehead atoms. The predicted molar refractivity (Wildman–Crippen MR) is 95.5 cm³/mol. The molecule has 0 aliphatic heterocycles. The fourth-order valence-electron chi connectivity index (χ4n) is 2.37. The molecule has 1 heterocycles. The van der Waals surface area contributed by atoms with Crippen LogP contribution in [0.25, 0.3) is 16.8 Å². The standard InChI is InChI=1S/C17H13BrClFN2O2/c1-2-21-5-6-22(17(21)24)15-4-3-10(7-14(15)19)12-8-11(20)9-13(18)16(12)23/h3-9,23H,2H2,1H3/i1D3. The molecule has 24 heavy (non-hydrogen) atoms. The first kappa shape index (κ1) is 13.3. The maximum atomic E-state index is 13.7. The molecule has 3 aromatic rings. The fraction of sp³-hybridized carbons (Fsp3) is 0.118. The highest BCUT2D eigenvalue weighted by molar-refractivity contribution is 9.10. The van der Waals surface area contributed by atoms with Gasteiger partial charge in [0.25, 0.3) is 0 Å². The Morgan fingerprint density at radius 1 is 1.33 bits per heavy atom. The van der Waals surface area contributed by atoms with Gasteiger partial charge >= 0.3 is 5.69 Å². The molecule has 0 aliphatic rings. The van der Waals surface area contributed by atoms with Crippen molar-refractivity contribution in [2.24, 2.45) is 0 Å². The van der Waals surface area contributed by atoms with E-state index in [1.807, 2.05) is 0 Å². The van der Waals surface area contributed by atoms with Gasteiger partial charge in [0.2, 0.25) is 0 Å². The van der Waals surface area contributed by atoms with Gasteiger partial charge in [0.1, 0.15) is 11.6 Å². The third-order valence-corrected chi connectivity index (χ3v) is 4.47. The molecule has 0 aliphatic carbocycles. The summed E-state index contributed by atoms with van der Waals surface area (Å²) in [6, 6.07) is 6.92. The summed E-state index contributed by atoms with van der Waals surface area (Å²) in [7, 11) is 0. The number of imidazole rings is 1. The molecule has 1 aromatic heterocycles. The van der Waals surface area contributed by atoms with Gasteiger partial charge in [-0.3, -0.25) is 9.13 Å². The molecule has 124 valence electrons. The van der Waals surface area contributed by atoms with Crippen molar-refractivity contribution in [1.82, 2.24) is 9.13 Å². The number of aromatic hydroxyl groups is 1. The Morgan fingerprint density at radius 3 is 2.83 bits per heavy atom. The Hall–Kier alpha value is -2.05. The first-order valence-corrected chi connectivity index (χ1v) is 8.00. The molecule has 0 fully saturated rings. The highest BCUT2D eigenvalue weighted by atomic mass is 79.9. The molecule has 0 spiro atoms. The maximum absolute atomic E-state index is 13.7. The molecular weight excluding hydrogens is 399 g/mol. The molecule has 0 saturated carbocycles. The minimum absolute atomic E-state index is 0.138. The lowest BCUT2D eigenvalue weighted by Gasteiger charge is -2.10. The minimum Gasteiger partial charge on any atom is -0.506 e. The van der Waals surface area contributed by atoms with Crippen LogP contribution in [0.1, 0.15) is 11.0 Å². The van der Waals surface area contributed by atoms with Gasteiger partial charge in [-0.25, -0.2) is 9.18 Å². The fourth-order valence-corrected chi connectivity index (χ4v) is 3.08. The number of phenols is 1. The molecule has 0 saturated heterocycles. The number of aryl methyl sites for hydroxylation is 1. The number of aromatic nitrogens is 2. The summed E-state index contributed by atoms with van der Waals surface area (Å²) in [5.41, 5.74) is 0.487. The predicted octanol–water partition coefficient (Wildman–Crippen LogP) is 4.59. The zero-order valence-electron chi connectivity index (χ0n) is 15.1. The number of hydrogen-bond donors (Lipinski definition) is 1. The molecule has 3 rings (SSSR count). The number of phenolic OH excluding ortho intramolecular Hbond substituents is 1. The maximum Gasteiger partial charge on any atom is 0.332 e. The van der Waals surface area contributed by atoms with Gasteiger partial charge in [-0.2, -0.15) is 0 Å². The average molecular weight is 415 g/mol. The molecule has 0 atom stereocenters. The van der Waals surface area contributed by atoms with E-state index < -0.39 is 24.9 Å². The highest BCUT2D eigenvalue weighted by Crippen LogP contribution is 2.38. The van der Waals surface area contributed by atoms with Crippen LogP contribution in [0, 0.1) is 5.82 Å². The van der Waals surface area contributed by atoms with Crippen LogP contribution >= 0.6 is 27.5 Å². The number of nitrogens with zero attached hydrogens (tertiary/aromatic N) is 2. The van der Waals surface area contributed by atoms with Crippen LogP contribution in [0.15, 0.2) is 52.0 Å². The van der Waals surface area contributed by atoms with Crippen molar-refractivity contribution >= 4 is 27.5 Å². The van der Waals surface area contributed by atoms with Gasteiger partial charge in [-0.05, 0) is 52.6 Å². The number of halogens is 3. The van der Waals surface area contributed by atoms with Crippen molar-refractivity contribution in [3.8, 4) is 22.6 Å². The van der Waals surface area contributed by atoms with Gasteiger partial charge in [-0.15, -0.1) is 0 Å². The quantitative estimate of drug-likeness (QED) is 0.681. The number of rotatable bonds is 3. The Balaban J connectivity index is 2.04. The van der Waals surface area contributed by atoms with E-state index >= 15 is 0 Å². The Bertz CT molecular complexity index is 1080. The van der Waals surface area contributed by atoms with E-state index in [1.54, 1.807) is 6.07 Å². The van der Waals surface area contributed by atoms with Crippen molar-refractivity contribution in [2.75, 3.05) is 0 Å². The summed E-state index contributed by atoms with van der Waals surface area (Å²) in [6.07, 6.45) is 2.79. The van der Waals surface area contributed by atoms with Crippen molar-refractivity contribution in [3.05, 3.63) is 68.5 Å². The Morgan fingerprint density at radius 2 is 2.12 bits per heavy atom. The van der Waals surface area contributed by atoms with E-state index in [0.29, 0.717) is 11.3 Å². The van der Waals surface area contributed by atoms with Crippen LogP contribution in [0.5, 0.6) is 5.75 Å². The van der Waals surface area contributed by atoms with Gasteiger partial charge < -0.3 is 5.11 Å². The zero-order valence-corrected chi connectivity index (χ0v) is 14.5. The van der Waals surface area contributed by atoms with Gasteiger partial charge in [0.15, 0.2) is 0 Å². The third-order valence-electron chi connectivity index (χ3n) is 3.56. The topological polar surface area (TPSA) is 47.2 Å². The average Bonchev–Trinajstić information content (AvgIpc) is 2.90. The van der Waals surface area contributed by atoms with E-state index in [1.165, 1.54) is 35.2 Å². The van der Waals surface area contributed by atoms with Crippen LogP contribution in [0.2, 0.25) is 5.02 Å². The van der Waals surface area contributed by atoms with Crippen molar-refractivity contribution < 1.29 is 13.6 Å². The van der Waals surface area contributed by atoms with Gasteiger partial charge in [-0.1, -0.05) is 17.7 Å². The molecule has 0 amide bonds. The summed E-state index contributed by atoms with van der Waals surface area (Å²) in [4.78, 5) is 12.4. The van der Waals surface area contributed by atoms with Crippen LogP contribution in [0.3, 0.4) is 0 Å². The Labute approximate surface area is 155 Å². The van der Waals surface area contributed by atoms with E-state index in [4.69, 9.17) is 15.7 Å². The van der Waals surface area contributed by atoms with Crippen molar-refractivity contribution in [2.45, 2.75) is 13.4 Å². The van der Waals surface area contributed by atoms with Crippen LogP contribution in [-0.4, -0.2) is 14.2 Å². The normalized spacial score (nSPS) is 13.4. The first-order chi connectivity index (χ1) is 12.6. The number of benzene rings is 2. The molecular formula is C17H13BrClFN2O2. The zero-order chi connectivity index (χ0) is 19.9. The SMILES string of the molecule is [2H]C([2H])([2H])Cn1ccn(-c2ccc(-c3cc(F)cc(Br)c3O)cc2Cl)c1=O. The third kappa shape index (κ3) is 2.87. The Kier molecular flexibility index (Phi) is 3.57. The highest BCUT2D eigenvalue weighted by Gasteiger charge is 2.14. The molecule has 1 N–H and O–H groups in total. The van der Waals surface area contributed by atoms with Crippen LogP contribution < -0.4 is 5.69 Å². The summed E-state index contributed by atoms with van der Waals surface area (Å²) >= 11 is 9.38. The molecule has 2 aromatic carbocycles. The van der Waals surface area contributed by atoms with E-state index in [0.717, 1.165) is 10.6 Å². The first-order valence-electron chi connectivity index (χ1n) is 8.33. The minimum atomic E-state index is -2.29. The van der Waals surface area contributed by atoms with Crippen molar-refractivity contribution in [1.29, 1.82) is 0 Å². The molecule has 7 heteroatoms. The van der Waals surface area contributed by atoms with Gasteiger partial charge in [0.05, 0.1) is 15.2 Å². The second kappa shape index (κ2) is 6.45.